The van der Waals surface area contributed by atoms with Crippen molar-refractivity contribution in [2.75, 3.05) is 25.6 Å². The maximum absolute atomic E-state index is 13.8. The van der Waals surface area contributed by atoms with Gasteiger partial charge in [-0.3, -0.25) is 4.79 Å². The monoisotopic (exact) mass is 357 g/mol. The molecule has 0 saturated carbocycles. The molecule has 1 aromatic rings. The Morgan fingerprint density at radius 2 is 1.86 bits per heavy atom. The van der Waals surface area contributed by atoms with E-state index >= 15 is 0 Å². The molecule has 0 aliphatic heterocycles. The summed E-state index contributed by atoms with van der Waals surface area (Å²) in [6.07, 6.45) is 1.02. The van der Waals surface area contributed by atoms with Crippen LogP contribution in [0.5, 0.6) is 0 Å². The standard InChI is InChI=1S/C11H13ClFNO5S2/c1-14(5-6-20(2,16)17)11(15)9-4-3-8(7-10(9)13)21(12,18)19/h3-4,7H,5-6H2,1-2H3. The predicted octanol–water partition coefficient (Wildman–Crippen LogP) is 0.870. The Morgan fingerprint density at radius 1 is 1.29 bits per heavy atom. The smallest absolute Gasteiger partial charge is 0.261 e. The molecule has 0 atom stereocenters. The van der Waals surface area contributed by atoms with E-state index < -0.39 is 35.5 Å². The summed E-state index contributed by atoms with van der Waals surface area (Å²) in [5, 5.41) is 0. The van der Waals surface area contributed by atoms with E-state index in [1.165, 1.54) is 7.05 Å². The third kappa shape index (κ3) is 5.25. The first-order valence-electron chi connectivity index (χ1n) is 5.59. The fourth-order valence-electron chi connectivity index (χ4n) is 1.43. The fraction of sp³-hybridized carbons (Fsp3) is 0.364. The number of benzene rings is 1. The molecule has 0 radical (unpaired) electrons. The van der Waals surface area contributed by atoms with Crippen molar-refractivity contribution in [2.45, 2.75) is 4.90 Å². The third-order valence-electron chi connectivity index (χ3n) is 2.60. The quantitative estimate of drug-likeness (QED) is 0.729. The average Bonchev–Trinajstić information content (AvgIpc) is 2.33. The highest BCUT2D eigenvalue weighted by Crippen LogP contribution is 2.19. The molecule has 21 heavy (non-hydrogen) atoms. The molecule has 1 amide bonds. The van der Waals surface area contributed by atoms with Crippen LogP contribution in [-0.4, -0.2) is 53.2 Å². The molecule has 0 heterocycles. The van der Waals surface area contributed by atoms with E-state index in [1.54, 1.807) is 0 Å². The maximum atomic E-state index is 13.8. The molecule has 0 aromatic heterocycles. The molecule has 0 unspecified atom stereocenters. The van der Waals surface area contributed by atoms with Crippen LogP contribution >= 0.6 is 10.7 Å². The van der Waals surface area contributed by atoms with Crippen molar-refractivity contribution in [1.29, 1.82) is 0 Å². The molecule has 0 aliphatic rings. The molecule has 1 aromatic carbocycles. The van der Waals surface area contributed by atoms with Crippen LogP contribution in [0, 0.1) is 5.82 Å². The second-order valence-electron chi connectivity index (χ2n) is 4.44. The molecule has 0 spiro atoms. The van der Waals surface area contributed by atoms with Crippen molar-refractivity contribution < 1.29 is 26.0 Å². The Labute approximate surface area is 126 Å². The Morgan fingerprint density at radius 3 is 2.29 bits per heavy atom. The zero-order valence-electron chi connectivity index (χ0n) is 11.2. The summed E-state index contributed by atoms with van der Waals surface area (Å²) in [6.45, 7) is -0.105. The molecular weight excluding hydrogens is 345 g/mol. The van der Waals surface area contributed by atoms with Gasteiger partial charge in [-0.05, 0) is 18.2 Å². The van der Waals surface area contributed by atoms with Crippen LogP contribution in [0.4, 0.5) is 4.39 Å². The highest BCUT2D eigenvalue weighted by atomic mass is 35.7. The van der Waals surface area contributed by atoms with Gasteiger partial charge in [0.1, 0.15) is 15.7 Å². The van der Waals surface area contributed by atoms with Crippen LogP contribution in [0.3, 0.4) is 0 Å². The van der Waals surface area contributed by atoms with E-state index in [9.17, 15) is 26.0 Å². The van der Waals surface area contributed by atoms with Gasteiger partial charge < -0.3 is 4.90 Å². The lowest BCUT2D eigenvalue weighted by atomic mass is 10.2. The summed E-state index contributed by atoms with van der Waals surface area (Å²) in [6, 6.07) is 2.63. The first-order chi connectivity index (χ1) is 9.42. The number of carbonyl (C=O) groups excluding carboxylic acids is 1. The minimum atomic E-state index is -4.09. The molecule has 6 nitrogen and oxygen atoms in total. The maximum Gasteiger partial charge on any atom is 0.261 e. The number of halogens is 2. The van der Waals surface area contributed by atoms with Gasteiger partial charge in [0.25, 0.3) is 15.0 Å². The van der Waals surface area contributed by atoms with Crippen LogP contribution < -0.4 is 0 Å². The van der Waals surface area contributed by atoms with E-state index in [4.69, 9.17) is 10.7 Å². The highest BCUT2D eigenvalue weighted by molar-refractivity contribution is 8.13. The van der Waals surface area contributed by atoms with Crippen molar-refractivity contribution in [1.82, 2.24) is 4.90 Å². The van der Waals surface area contributed by atoms with Crippen molar-refractivity contribution in [3.8, 4) is 0 Å². The van der Waals surface area contributed by atoms with Gasteiger partial charge in [-0.15, -0.1) is 0 Å². The highest BCUT2D eigenvalue weighted by Gasteiger charge is 2.20. The number of hydrogen-bond donors (Lipinski definition) is 0. The number of hydrogen-bond acceptors (Lipinski definition) is 5. The fourth-order valence-corrected chi connectivity index (χ4v) is 2.80. The van der Waals surface area contributed by atoms with Crippen LogP contribution in [-0.2, 0) is 18.9 Å². The molecule has 0 fully saturated rings. The van der Waals surface area contributed by atoms with Crippen molar-refractivity contribution >= 4 is 35.5 Å². The summed E-state index contributed by atoms with van der Waals surface area (Å²) in [5.74, 6) is -2.06. The first kappa shape index (κ1) is 17.9. The lowest BCUT2D eigenvalue weighted by Gasteiger charge is -2.17. The average molecular weight is 358 g/mol. The van der Waals surface area contributed by atoms with Gasteiger partial charge in [0.05, 0.1) is 16.2 Å². The van der Waals surface area contributed by atoms with Crippen LogP contribution in [0.2, 0.25) is 0 Å². The largest absolute Gasteiger partial charge is 0.341 e. The third-order valence-corrected chi connectivity index (χ3v) is 4.87. The summed E-state index contributed by atoms with van der Waals surface area (Å²) in [4.78, 5) is 12.5. The second kappa shape index (κ2) is 6.29. The summed E-state index contributed by atoms with van der Waals surface area (Å²) < 4.78 is 57.9. The Kier molecular flexibility index (Phi) is 5.35. The van der Waals surface area contributed by atoms with E-state index in [1.807, 2.05) is 0 Å². The van der Waals surface area contributed by atoms with E-state index in [0.29, 0.717) is 6.07 Å². The molecular formula is C11H13ClFNO5S2. The van der Waals surface area contributed by atoms with Gasteiger partial charge in [0, 0.05) is 30.5 Å². The number of sulfone groups is 1. The van der Waals surface area contributed by atoms with Crippen LogP contribution in [0.1, 0.15) is 10.4 Å². The number of nitrogens with zero attached hydrogens (tertiary/aromatic N) is 1. The van der Waals surface area contributed by atoms with Crippen LogP contribution in [0.25, 0.3) is 0 Å². The number of rotatable bonds is 5. The Bertz CT molecular complexity index is 761. The molecule has 1 rings (SSSR count). The van der Waals surface area contributed by atoms with Crippen molar-refractivity contribution in [3.05, 3.63) is 29.6 Å². The van der Waals surface area contributed by atoms with Gasteiger partial charge in [-0.2, -0.15) is 0 Å². The molecule has 0 aliphatic carbocycles. The molecule has 118 valence electrons. The molecule has 10 heteroatoms. The van der Waals surface area contributed by atoms with Crippen molar-refractivity contribution in [3.63, 3.8) is 0 Å². The molecule has 0 N–H and O–H groups in total. The summed E-state index contributed by atoms with van der Waals surface area (Å²) >= 11 is 0. The Balaban J connectivity index is 2.98. The van der Waals surface area contributed by atoms with Gasteiger partial charge in [-0.25, -0.2) is 21.2 Å². The molecule has 0 saturated heterocycles. The zero-order chi connectivity index (χ0) is 16.4. The lowest BCUT2D eigenvalue weighted by Crippen LogP contribution is -2.32. The Hall–Kier alpha value is -1.19. The topological polar surface area (TPSA) is 88.6 Å². The van der Waals surface area contributed by atoms with Gasteiger partial charge in [-0.1, -0.05) is 0 Å². The minimum Gasteiger partial charge on any atom is -0.341 e. The summed E-state index contributed by atoms with van der Waals surface area (Å²) in [7, 11) is -0.958. The van der Waals surface area contributed by atoms with E-state index in [2.05, 4.69) is 0 Å². The van der Waals surface area contributed by atoms with Gasteiger partial charge in [0.2, 0.25) is 0 Å². The molecule has 0 bridgehead atoms. The second-order valence-corrected chi connectivity index (χ2v) is 9.26. The first-order valence-corrected chi connectivity index (χ1v) is 9.96. The van der Waals surface area contributed by atoms with Gasteiger partial charge in [0.15, 0.2) is 0 Å². The number of carbonyl (C=O) groups is 1. The normalized spacial score (nSPS) is 12.2. The summed E-state index contributed by atoms with van der Waals surface area (Å²) in [5.41, 5.74) is -0.366. The number of amides is 1. The lowest BCUT2D eigenvalue weighted by molar-refractivity contribution is 0.0798. The van der Waals surface area contributed by atoms with Crippen LogP contribution in [0.15, 0.2) is 23.1 Å². The van der Waals surface area contributed by atoms with Gasteiger partial charge >= 0.3 is 0 Å². The minimum absolute atomic E-state index is 0.105. The van der Waals surface area contributed by atoms with Crippen molar-refractivity contribution in [2.24, 2.45) is 0 Å². The zero-order valence-corrected chi connectivity index (χ0v) is 13.6. The van der Waals surface area contributed by atoms with E-state index in [0.717, 1.165) is 23.3 Å². The predicted molar refractivity (Wildman–Crippen MR) is 76.1 cm³/mol. The van der Waals surface area contributed by atoms with E-state index in [-0.39, 0.29) is 17.9 Å². The SMILES string of the molecule is CN(CCS(C)(=O)=O)C(=O)c1ccc(S(=O)(=O)Cl)cc1F.